The number of carbonyl (C=O) groups excluding carboxylic acids is 1. The largest absolute Gasteiger partial charge is 0.384 e. The minimum atomic E-state index is -0.320. The van der Waals surface area contributed by atoms with Crippen molar-refractivity contribution in [1.82, 2.24) is 0 Å². The molecule has 0 aliphatic rings. The first-order chi connectivity index (χ1) is 10.0. The van der Waals surface area contributed by atoms with Crippen LogP contribution in [0.25, 0.3) is 0 Å². The van der Waals surface area contributed by atoms with Crippen LogP contribution >= 0.6 is 15.9 Å². The molecule has 0 aliphatic carbocycles. The lowest BCUT2D eigenvalue weighted by molar-refractivity contribution is -0.115. The Morgan fingerprint density at radius 2 is 1.81 bits per heavy atom. The van der Waals surface area contributed by atoms with E-state index in [1.54, 1.807) is 0 Å². The van der Waals surface area contributed by atoms with Crippen LogP contribution in [0, 0.1) is 12.7 Å². The van der Waals surface area contributed by atoms with Crippen LogP contribution in [-0.2, 0) is 4.79 Å². The van der Waals surface area contributed by atoms with E-state index in [4.69, 9.17) is 0 Å². The molecule has 3 nitrogen and oxygen atoms in total. The molecule has 0 heterocycles. The molecule has 0 fully saturated rings. The van der Waals surface area contributed by atoms with Gasteiger partial charge in [0.15, 0.2) is 0 Å². The molecule has 0 radical (unpaired) electrons. The summed E-state index contributed by atoms with van der Waals surface area (Å²) in [5.74, 6) is -0.431. The second-order valence-corrected chi connectivity index (χ2v) is 5.55. The van der Waals surface area contributed by atoms with Crippen molar-refractivity contribution in [3.63, 3.8) is 0 Å². The quantitative estimate of drug-likeness (QED) is 0.842. The lowest BCUT2D eigenvalue weighted by atomic mass is 10.2. The van der Waals surface area contributed by atoms with E-state index in [-0.39, 0.29) is 11.7 Å². The molecule has 0 atom stereocenters. The molecule has 0 unspecified atom stereocenters. The number of halogens is 2. The highest BCUT2D eigenvalue weighted by Gasteiger charge is 2.03. The fourth-order valence-corrected chi connectivity index (χ4v) is 2.16. The number of anilines is 2. The summed E-state index contributed by atoms with van der Waals surface area (Å²) in [4.78, 5) is 11.8. The number of aryl methyl sites for hydroxylation is 1. The topological polar surface area (TPSA) is 41.1 Å². The van der Waals surface area contributed by atoms with Gasteiger partial charge in [-0.15, -0.1) is 0 Å². The van der Waals surface area contributed by atoms with Crippen LogP contribution < -0.4 is 10.6 Å². The molecular weight excluding hydrogens is 335 g/mol. The Balaban J connectivity index is 1.78. The van der Waals surface area contributed by atoms with Gasteiger partial charge in [0.25, 0.3) is 0 Å². The second-order valence-electron chi connectivity index (χ2n) is 4.70. The second kappa shape index (κ2) is 7.22. The Morgan fingerprint density at radius 3 is 2.48 bits per heavy atom. The summed E-state index contributed by atoms with van der Waals surface area (Å²) < 4.78 is 13.8. The number of amides is 1. The summed E-state index contributed by atoms with van der Waals surface area (Å²) >= 11 is 3.47. The van der Waals surface area contributed by atoms with Gasteiger partial charge in [-0.3, -0.25) is 4.79 Å². The maximum atomic E-state index is 12.7. The molecule has 0 bridgehead atoms. The molecular formula is C16H16BrFN2O. The monoisotopic (exact) mass is 350 g/mol. The number of hydrogen-bond donors (Lipinski definition) is 2. The van der Waals surface area contributed by atoms with E-state index in [2.05, 4.69) is 26.6 Å². The molecule has 0 aromatic heterocycles. The van der Waals surface area contributed by atoms with Crippen LogP contribution in [0.2, 0.25) is 0 Å². The molecule has 5 heteroatoms. The van der Waals surface area contributed by atoms with Crippen molar-refractivity contribution >= 4 is 33.2 Å². The molecule has 2 N–H and O–H groups in total. The van der Waals surface area contributed by atoms with Crippen LogP contribution in [0.3, 0.4) is 0 Å². The van der Waals surface area contributed by atoms with E-state index in [9.17, 15) is 9.18 Å². The van der Waals surface area contributed by atoms with Crippen molar-refractivity contribution in [2.45, 2.75) is 13.3 Å². The van der Waals surface area contributed by atoms with Gasteiger partial charge in [-0.25, -0.2) is 4.39 Å². The van der Waals surface area contributed by atoms with Crippen LogP contribution in [-0.4, -0.2) is 12.5 Å². The van der Waals surface area contributed by atoms with Gasteiger partial charge in [0.2, 0.25) is 5.91 Å². The summed E-state index contributed by atoms with van der Waals surface area (Å²) in [5.41, 5.74) is 2.72. The van der Waals surface area contributed by atoms with E-state index in [1.165, 1.54) is 24.3 Å². The number of rotatable bonds is 5. The predicted octanol–water partition coefficient (Wildman–Crippen LogP) is 4.34. The summed E-state index contributed by atoms with van der Waals surface area (Å²) in [7, 11) is 0. The summed E-state index contributed by atoms with van der Waals surface area (Å²) in [6, 6.07) is 11.7. The van der Waals surface area contributed by atoms with E-state index < -0.39 is 0 Å². The average Bonchev–Trinajstić information content (AvgIpc) is 2.45. The maximum absolute atomic E-state index is 12.7. The molecule has 2 rings (SSSR count). The molecule has 0 spiro atoms. The highest BCUT2D eigenvalue weighted by Crippen LogP contribution is 2.20. The molecule has 0 aliphatic heterocycles. The standard InChI is InChI=1S/C16H16BrFN2O/c1-11-2-5-14(10-15(11)17)19-9-8-16(21)20-13-6-3-12(18)4-7-13/h2-7,10,19H,8-9H2,1H3,(H,20,21). The lowest BCUT2D eigenvalue weighted by Gasteiger charge is -2.09. The number of benzene rings is 2. The highest BCUT2D eigenvalue weighted by molar-refractivity contribution is 9.10. The summed E-state index contributed by atoms with van der Waals surface area (Å²) in [6.07, 6.45) is 0.336. The molecule has 1 amide bonds. The number of nitrogens with one attached hydrogen (secondary N) is 2. The van der Waals surface area contributed by atoms with Gasteiger partial charge < -0.3 is 10.6 Å². The van der Waals surface area contributed by atoms with Crippen molar-refractivity contribution in [1.29, 1.82) is 0 Å². The first-order valence-corrected chi connectivity index (χ1v) is 7.39. The molecule has 2 aromatic rings. The van der Waals surface area contributed by atoms with Gasteiger partial charge in [0.05, 0.1) is 0 Å². The SMILES string of the molecule is Cc1ccc(NCCC(=O)Nc2ccc(F)cc2)cc1Br. The van der Waals surface area contributed by atoms with E-state index >= 15 is 0 Å². The van der Waals surface area contributed by atoms with Crippen LogP contribution in [0.1, 0.15) is 12.0 Å². The number of carbonyl (C=O) groups is 1. The minimum absolute atomic E-state index is 0.111. The Morgan fingerprint density at radius 1 is 1.14 bits per heavy atom. The van der Waals surface area contributed by atoms with Crippen LogP contribution in [0.15, 0.2) is 46.9 Å². The summed E-state index contributed by atoms with van der Waals surface area (Å²) in [6.45, 7) is 2.55. The zero-order valence-electron chi connectivity index (χ0n) is 11.6. The minimum Gasteiger partial charge on any atom is -0.384 e. The Hall–Kier alpha value is -1.88. The van der Waals surface area contributed by atoms with Crippen molar-refractivity contribution in [2.75, 3.05) is 17.2 Å². The fraction of sp³-hybridized carbons (Fsp3) is 0.188. The third-order valence-corrected chi connectivity index (χ3v) is 3.84. The van der Waals surface area contributed by atoms with Gasteiger partial charge in [-0.2, -0.15) is 0 Å². The van der Waals surface area contributed by atoms with Crippen molar-refractivity contribution in [2.24, 2.45) is 0 Å². The smallest absolute Gasteiger partial charge is 0.226 e. The maximum Gasteiger partial charge on any atom is 0.226 e. The number of hydrogen-bond acceptors (Lipinski definition) is 2. The van der Waals surface area contributed by atoms with E-state index in [1.807, 2.05) is 25.1 Å². The fourth-order valence-electron chi connectivity index (χ4n) is 1.78. The van der Waals surface area contributed by atoms with Gasteiger partial charge in [0.1, 0.15) is 5.82 Å². The van der Waals surface area contributed by atoms with E-state index in [0.29, 0.717) is 18.7 Å². The third kappa shape index (κ3) is 4.86. The van der Waals surface area contributed by atoms with Gasteiger partial charge in [0, 0.05) is 28.8 Å². The van der Waals surface area contributed by atoms with Crippen LogP contribution in [0.4, 0.5) is 15.8 Å². The average molecular weight is 351 g/mol. The Bertz CT molecular complexity index is 629. The van der Waals surface area contributed by atoms with Gasteiger partial charge >= 0.3 is 0 Å². The summed E-state index contributed by atoms with van der Waals surface area (Å²) in [5, 5.41) is 5.91. The highest BCUT2D eigenvalue weighted by atomic mass is 79.9. The third-order valence-electron chi connectivity index (χ3n) is 2.98. The van der Waals surface area contributed by atoms with Crippen molar-refractivity contribution < 1.29 is 9.18 Å². The van der Waals surface area contributed by atoms with Gasteiger partial charge in [-0.1, -0.05) is 22.0 Å². The molecule has 0 saturated carbocycles. The van der Waals surface area contributed by atoms with Crippen molar-refractivity contribution in [3.8, 4) is 0 Å². The molecule has 2 aromatic carbocycles. The molecule has 0 saturated heterocycles. The van der Waals surface area contributed by atoms with Crippen molar-refractivity contribution in [3.05, 3.63) is 58.3 Å². The molecule has 21 heavy (non-hydrogen) atoms. The van der Waals surface area contributed by atoms with E-state index in [0.717, 1.165) is 15.7 Å². The molecule has 110 valence electrons. The predicted molar refractivity (Wildman–Crippen MR) is 87.0 cm³/mol. The van der Waals surface area contributed by atoms with Gasteiger partial charge in [-0.05, 0) is 48.9 Å². The first-order valence-electron chi connectivity index (χ1n) is 6.60. The Labute approximate surface area is 131 Å². The first kappa shape index (κ1) is 15.5. The zero-order chi connectivity index (χ0) is 15.2. The lowest BCUT2D eigenvalue weighted by Crippen LogP contribution is -2.16. The van der Waals surface area contributed by atoms with Crippen LogP contribution in [0.5, 0.6) is 0 Å². The zero-order valence-corrected chi connectivity index (χ0v) is 13.2. The Kier molecular flexibility index (Phi) is 5.33. The normalized spacial score (nSPS) is 10.2.